The fourth-order valence-electron chi connectivity index (χ4n) is 1.66. The van der Waals surface area contributed by atoms with Crippen molar-refractivity contribution in [1.82, 2.24) is 14.8 Å². The molecule has 0 aliphatic heterocycles. The van der Waals surface area contributed by atoms with Gasteiger partial charge in [-0.05, 0) is 0 Å². The van der Waals surface area contributed by atoms with Crippen LogP contribution in [0.25, 0.3) is 5.69 Å². The molecule has 1 heterocycles. The summed E-state index contributed by atoms with van der Waals surface area (Å²) in [5.41, 5.74) is -0.522. The van der Waals surface area contributed by atoms with Crippen LogP contribution < -0.4 is 0 Å². The standard InChI is InChI=1S/C12H10F3N3O2/c1-5(2)11-16-10(12(19)20)17-18(11)8-4-6(13)3-7(14)9(8)15/h3-5H,1-2H3,(H,19,20). The summed E-state index contributed by atoms with van der Waals surface area (Å²) in [5, 5.41) is 12.4. The Balaban J connectivity index is 2.71. The number of hydrogen-bond acceptors (Lipinski definition) is 3. The maximum Gasteiger partial charge on any atom is 0.375 e. The van der Waals surface area contributed by atoms with Crippen molar-refractivity contribution in [2.24, 2.45) is 0 Å². The molecule has 1 N–H and O–H groups in total. The number of carboxylic acids is 1. The highest BCUT2D eigenvalue weighted by atomic mass is 19.2. The van der Waals surface area contributed by atoms with Gasteiger partial charge < -0.3 is 5.11 Å². The zero-order valence-electron chi connectivity index (χ0n) is 10.6. The van der Waals surface area contributed by atoms with Crippen LogP contribution in [0.2, 0.25) is 0 Å². The van der Waals surface area contributed by atoms with E-state index in [2.05, 4.69) is 10.1 Å². The number of hydrogen-bond donors (Lipinski definition) is 1. The largest absolute Gasteiger partial charge is 0.475 e. The molecule has 0 unspecified atom stereocenters. The monoisotopic (exact) mass is 285 g/mol. The Hall–Kier alpha value is -2.38. The van der Waals surface area contributed by atoms with Gasteiger partial charge in [0, 0.05) is 18.1 Å². The summed E-state index contributed by atoms with van der Waals surface area (Å²) < 4.78 is 41.0. The van der Waals surface area contributed by atoms with Crippen molar-refractivity contribution >= 4 is 5.97 Å². The molecule has 5 nitrogen and oxygen atoms in total. The Bertz CT molecular complexity index is 683. The molecule has 0 aliphatic rings. The summed E-state index contributed by atoms with van der Waals surface area (Å²) in [5.74, 6) is -5.92. The highest BCUT2D eigenvalue weighted by Crippen LogP contribution is 2.22. The minimum Gasteiger partial charge on any atom is -0.475 e. The topological polar surface area (TPSA) is 68.0 Å². The molecule has 0 fully saturated rings. The third-order valence-corrected chi connectivity index (χ3v) is 2.54. The Morgan fingerprint density at radius 1 is 1.30 bits per heavy atom. The van der Waals surface area contributed by atoms with E-state index in [1.165, 1.54) is 0 Å². The number of carboxylic acid groups (broad SMARTS) is 1. The van der Waals surface area contributed by atoms with Gasteiger partial charge in [0.25, 0.3) is 5.82 Å². The van der Waals surface area contributed by atoms with Crippen LogP contribution >= 0.6 is 0 Å². The van der Waals surface area contributed by atoms with Crippen molar-refractivity contribution in [3.8, 4) is 5.69 Å². The first-order chi connectivity index (χ1) is 9.31. The van der Waals surface area contributed by atoms with E-state index in [1.54, 1.807) is 13.8 Å². The summed E-state index contributed by atoms with van der Waals surface area (Å²) in [6.45, 7) is 3.33. The summed E-state index contributed by atoms with van der Waals surface area (Å²) in [6.07, 6.45) is 0. The van der Waals surface area contributed by atoms with Gasteiger partial charge in [-0.2, -0.15) is 0 Å². The Morgan fingerprint density at radius 3 is 2.50 bits per heavy atom. The van der Waals surface area contributed by atoms with Crippen LogP contribution in [-0.2, 0) is 0 Å². The van der Waals surface area contributed by atoms with E-state index in [4.69, 9.17) is 5.11 Å². The van der Waals surface area contributed by atoms with Gasteiger partial charge in [-0.15, -0.1) is 5.10 Å². The summed E-state index contributed by atoms with van der Waals surface area (Å²) in [6, 6.07) is 1.12. The van der Waals surface area contributed by atoms with Gasteiger partial charge in [-0.1, -0.05) is 13.8 Å². The number of carbonyl (C=O) groups is 1. The highest BCUT2D eigenvalue weighted by Gasteiger charge is 2.22. The molecule has 0 saturated heterocycles. The molecular formula is C12H10F3N3O2. The third-order valence-electron chi connectivity index (χ3n) is 2.54. The molecular weight excluding hydrogens is 275 g/mol. The van der Waals surface area contributed by atoms with Crippen LogP contribution in [-0.4, -0.2) is 25.8 Å². The zero-order valence-corrected chi connectivity index (χ0v) is 10.6. The Morgan fingerprint density at radius 2 is 1.95 bits per heavy atom. The lowest BCUT2D eigenvalue weighted by molar-refractivity contribution is 0.0683. The fraction of sp³-hybridized carbons (Fsp3) is 0.250. The Kier molecular flexibility index (Phi) is 3.47. The molecule has 0 radical (unpaired) electrons. The molecule has 106 valence electrons. The van der Waals surface area contributed by atoms with Gasteiger partial charge in [0.2, 0.25) is 0 Å². The maximum absolute atomic E-state index is 13.7. The smallest absolute Gasteiger partial charge is 0.375 e. The highest BCUT2D eigenvalue weighted by molar-refractivity contribution is 5.83. The molecule has 0 atom stereocenters. The number of aromatic nitrogens is 3. The first-order valence-electron chi connectivity index (χ1n) is 5.66. The van der Waals surface area contributed by atoms with Gasteiger partial charge in [0.05, 0.1) is 0 Å². The predicted octanol–water partition coefficient (Wildman–Crippen LogP) is 2.51. The maximum atomic E-state index is 13.7. The summed E-state index contributed by atoms with van der Waals surface area (Å²) in [7, 11) is 0. The minimum absolute atomic E-state index is 0.0892. The number of nitrogens with zero attached hydrogens (tertiary/aromatic N) is 3. The van der Waals surface area contributed by atoms with Crippen LogP contribution in [0.3, 0.4) is 0 Å². The Labute approximate surface area is 111 Å². The van der Waals surface area contributed by atoms with Crippen LogP contribution in [0.5, 0.6) is 0 Å². The van der Waals surface area contributed by atoms with Crippen molar-refractivity contribution in [1.29, 1.82) is 0 Å². The summed E-state index contributed by atoms with van der Waals surface area (Å²) in [4.78, 5) is 14.6. The van der Waals surface area contributed by atoms with Crippen LogP contribution in [0, 0.1) is 17.5 Å². The van der Waals surface area contributed by atoms with Gasteiger partial charge in [-0.3, -0.25) is 0 Å². The molecule has 0 spiro atoms. The number of halogens is 3. The number of rotatable bonds is 3. The van der Waals surface area contributed by atoms with Gasteiger partial charge in [0.1, 0.15) is 17.3 Å². The van der Waals surface area contributed by atoms with E-state index in [1.807, 2.05) is 0 Å². The molecule has 1 aromatic heterocycles. The third kappa shape index (κ3) is 2.36. The van der Waals surface area contributed by atoms with E-state index < -0.39 is 34.9 Å². The van der Waals surface area contributed by atoms with E-state index in [0.717, 1.165) is 10.7 Å². The predicted molar refractivity (Wildman–Crippen MR) is 62.3 cm³/mol. The second-order valence-corrected chi connectivity index (χ2v) is 4.39. The normalized spacial score (nSPS) is 11.1. The molecule has 0 aliphatic carbocycles. The second kappa shape index (κ2) is 4.95. The lowest BCUT2D eigenvalue weighted by atomic mass is 10.2. The van der Waals surface area contributed by atoms with Crippen LogP contribution in [0.1, 0.15) is 36.2 Å². The molecule has 0 bridgehead atoms. The molecule has 2 rings (SSSR count). The van der Waals surface area contributed by atoms with Crippen molar-refractivity contribution in [3.63, 3.8) is 0 Å². The minimum atomic E-state index is -1.41. The zero-order chi connectivity index (χ0) is 15.0. The quantitative estimate of drug-likeness (QED) is 0.880. The van der Waals surface area contributed by atoms with Crippen molar-refractivity contribution in [2.45, 2.75) is 19.8 Å². The molecule has 0 amide bonds. The van der Waals surface area contributed by atoms with E-state index >= 15 is 0 Å². The lowest BCUT2D eigenvalue weighted by Gasteiger charge is -2.09. The molecule has 2 aromatic rings. The number of aromatic carboxylic acids is 1. The van der Waals surface area contributed by atoms with Gasteiger partial charge >= 0.3 is 5.97 Å². The van der Waals surface area contributed by atoms with Crippen molar-refractivity contribution < 1.29 is 23.1 Å². The summed E-state index contributed by atoms with van der Waals surface area (Å²) >= 11 is 0. The average Bonchev–Trinajstić information content (AvgIpc) is 2.78. The van der Waals surface area contributed by atoms with E-state index in [9.17, 15) is 18.0 Å². The number of benzene rings is 1. The van der Waals surface area contributed by atoms with Crippen LogP contribution in [0.15, 0.2) is 12.1 Å². The molecule has 8 heteroatoms. The van der Waals surface area contributed by atoms with Crippen molar-refractivity contribution in [3.05, 3.63) is 41.2 Å². The van der Waals surface area contributed by atoms with Gasteiger partial charge in [-0.25, -0.2) is 27.6 Å². The van der Waals surface area contributed by atoms with Gasteiger partial charge in [0.15, 0.2) is 11.6 Å². The molecule has 20 heavy (non-hydrogen) atoms. The van der Waals surface area contributed by atoms with E-state index in [0.29, 0.717) is 6.07 Å². The second-order valence-electron chi connectivity index (χ2n) is 4.39. The average molecular weight is 285 g/mol. The molecule has 1 aromatic carbocycles. The SMILES string of the molecule is CC(C)c1nc(C(=O)O)nn1-c1cc(F)cc(F)c1F. The van der Waals surface area contributed by atoms with Crippen molar-refractivity contribution in [2.75, 3.05) is 0 Å². The molecule has 0 saturated carbocycles. The first-order valence-corrected chi connectivity index (χ1v) is 5.66. The first kappa shape index (κ1) is 14.0. The lowest BCUT2D eigenvalue weighted by Crippen LogP contribution is -2.09. The van der Waals surface area contributed by atoms with Crippen LogP contribution in [0.4, 0.5) is 13.2 Å². The van der Waals surface area contributed by atoms with E-state index in [-0.39, 0.29) is 11.7 Å². The fourth-order valence-corrected chi connectivity index (χ4v) is 1.66.